The number of aromatic nitrogens is 1. The molecule has 2 heterocycles. The van der Waals surface area contributed by atoms with Crippen molar-refractivity contribution in [1.82, 2.24) is 4.98 Å². The third kappa shape index (κ3) is 6.08. The summed E-state index contributed by atoms with van der Waals surface area (Å²) in [6.07, 6.45) is 2.07. The fourth-order valence-electron chi connectivity index (χ4n) is 3.96. The van der Waals surface area contributed by atoms with Crippen LogP contribution in [-0.2, 0) is 14.2 Å². The van der Waals surface area contributed by atoms with E-state index >= 15 is 0 Å². The number of hydrogen-bond acceptors (Lipinski definition) is 6. The van der Waals surface area contributed by atoms with Crippen molar-refractivity contribution in [3.63, 3.8) is 0 Å². The van der Waals surface area contributed by atoms with Crippen molar-refractivity contribution in [3.05, 3.63) is 59.5 Å². The lowest BCUT2D eigenvalue weighted by Gasteiger charge is -2.22. The predicted octanol–water partition coefficient (Wildman–Crippen LogP) is 4.04. The Morgan fingerprint density at radius 1 is 1.09 bits per heavy atom. The van der Waals surface area contributed by atoms with Gasteiger partial charge >= 0.3 is 0 Å². The summed E-state index contributed by atoms with van der Waals surface area (Å²) in [6, 6.07) is 12.0. The largest absolute Gasteiger partial charge is 0.488 e. The van der Waals surface area contributed by atoms with Gasteiger partial charge < -0.3 is 24.7 Å². The van der Waals surface area contributed by atoms with Crippen molar-refractivity contribution in [3.8, 4) is 16.9 Å². The van der Waals surface area contributed by atoms with Gasteiger partial charge in [-0.2, -0.15) is 0 Å². The summed E-state index contributed by atoms with van der Waals surface area (Å²) in [4.78, 5) is 16.0. The SMILES string of the molecule is Cc1cc(-c2ccc(OCCOCCOC3CCOCC3)c(F)c2)c2nc(C(N)=O)ccc2c1. The van der Waals surface area contributed by atoms with Gasteiger partial charge in [-0.3, -0.25) is 4.79 Å². The maximum Gasteiger partial charge on any atom is 0.267 e. The zero-order valence-corrected chi connectivity index (χ0v) is 19.2. The Morgan fingerprint density at radius 3 is 2.65 bits per heavy atom. The Bertz CT molecular complexity index is 1150. The van der Waals surface area contributed by atoms with E-state index in [0.717, 1.165) is 42.6 Å². The number of amides is 1. The molecular formula is C26H29FN2O5. The van der Waals surface area contributed by atoms with Gasteiger partial charge in [-0.1, -0.05) is 12.1 Å². The van der Waals surface area contributed by atoms with E-state index in [4.69, 9.17) is 24.7 Å². The highest BCUT2D eigenvalue weighted by atomic mass is 19.1. The summed E-state index contributed by atoms with van der Waals surface area (Å²) >= 11 is 0. The van der Waals surface area contributed by atoms with Gasteiger partial charge in [0.15, 0.2) is 11.6 Å². The second kappa shape index (κ2) is 11.4. The summed E-state index contributed by atoms with van der Waals surface area (Å²) in [5.41, 5.74) is 8.49. The van der Waals surface area contributed by atoms with Crippen molar-refractivity contribution >= 4 is 16.8 Å². The van der Waals surface area contributed by atoms with Gasteiger partial charge in [-0.15, -0.1) is 0 Å². The summed E-state index contributed by atoms with van der Waals surface area (Å²) in [6.45, 7) is 4.98. The maximum absolute atomic E-state index is 14.8. The minimum Gasteiger partial charge on any atom is -0.488 e. The lowest BCUT2D eigenvalue weighted by Crippen LogP contribution is -2.25. The molecule has 1 aliphatic heterocycles. The second-order valence-electron chi connectivity index (χ2n) is 8.23. The first-order valence-corrected chi connectivity index (χ1v) is 11.4. The molecule has 3 aromatic rings. The Balaban J connectivity index is 1.34. The van der Waals surface area contributed by atoms with E-state index in [1.807, 2.05) is 19.1 Å². The van der Waals surface area contributed by atoms with Gasteiger partial charge in [0.25, 0.3) is 5.91 Å². The topological polar surface area (TPSA) is 92.9 Å². The number of hydrogen-bond donors (Lipinski definition) is 1. The number of aryl methyl sites for hydroxylation is 1. The molecule has 1 amide bonds. The van der Waals surface area contributed by atoms with Gasteiger partial charge in [0.1, 0.15) is 12.3 Å². The Hall–Kier alpha value is -3.07. The smallest absolute Gasteiger partial charge is 0.267 e. The number of nitrogens with two attached hydrogens (primary N) is 1. The summed E-state index contributed by atoms with van der Waals surface area (Å²) in [5.74, 6) is -0.949. The molecule has 7 nitrogen and oxygen atoms in total. The van der Waals surface area contributed by atoms with Gasteiger partial charge in [0.05, 0.1) is 31.4 Å². The van der Waals surface area contributed by atoms with Crippen LogP contribution in [0.15, 0.2) is 42.5 Å². The molecule has 4 rings (SSSR count). The molecule has 34 heavy (non-hydrogen) atoms. The molecule has 1 saturated heterocycles. The van der Waals surface area contributed by atoms with Crippen LogP contribution in [0.25, 0.3) is 22.0 Å². The molecule has 1 aromatic heterocycles. The fourth-order valence-corrected chi connectivity index (χ4v) is 3.96. The van der Waals surface area contributed by atoms with E-state index in [1.54, 1.807) is 24.3 Å². The van der Waals surface area contributed by atoms with Crippen LogP contribution in [0.2, 0.25) is 0 Å². The van der Waals surface area contributed by atoms with E-state index in [0.29, 0.717) is 30.9 Å². The highest BCUT2D eigenvalue weighted by Crippen LogP contribution is 2.32. The lowest BCUT2D eigenvalue weighted by molar-refractivity contribution is -0.0509. The van der Waals surface area contributed by atoms with E-state index in [1.165, 1.54) is 6.07 Å². The molecule has 0 spiro atoms. The monoisotopic (exact) mass is 468 g/mol. The lowest BCUT2D eigenvalue weighted by atomic mass is 9.99. The van der Waals surface area contributed by atoms with Crippen LogP contribution in [0.4, 0.5) is 4.39 Å². The number of halogens is 1. The van der Waals surface area contributed by atoms with Gasteiger partial charge in [0, 0.05) is 24.2 Å². The number of rotatable bonds is 10. The standard InChI is InChI=1S/C26H29FN2O5/c1-17-14-19-2-4-23(26(28)30)29-25(19)21(15-17)18-3-5-24(22(27)16-18)34-13-11-32-10-12-33-20-6-8-31-9-7-20/h2-5,14-16,20H,6-13H2,1H3,(H2,28,30). The molecule has 1 aliphatic rings. The average molecular weight is 469 g/mol. The molecule has 0 atom stereocenters. The van der Waals surface area contributed by atoms with Crippen molar-refractivity contribution in [2.45, 2.75) is 25.9 Å². The zero-order chi connectivity index (χ0) is 23.9. The summed E-state index contributed by atoms with van der Waals surface area (Å²) in [7, 11) is 0. The van der Waals surface area contributed by atoms with Gasteiger partial charge in [0.2, 0.25) is 0 Å². The number of ether oxygens (including phenoxy) is 4. The van der Waals surface area contributed by atoms with E-state index in [2.05, 4.69) is 4.98 Å². The van der Waals surface area contributed by atoms with E-state index < -0.39 is 11.7 Å². The van der Waals surface area contributed by atoms with Crippen molar-refractivity contribution < 1.29 is 28.1 Å². The number of primary amides is 1. The van der Waals surface area contributed by atoms with Crippen LogP contribution >= 0.6 is 0 Å². The number of nitrogens with zero attached hydrogens (tertiary/aromatic N) is 1. The van der Waals surface area contributed by atoms with Gasteiger partial charge in [-0.25, -0.2) is 9.37 Å². The first-order chi connectivity index (χ1) is 16.5. The van der Waals surface area contributed by atoms with E-state index in [-0.39, 0.29) is 24.2 Å². The zero-order valence-electron chi connectivity index (χ0n) is 19.2. The number of carbonyl (C=O) groups excluding carboxylic acids is 1. The number of pyridine rings is 1. The highest BCUT2D eigenvalue weighted by Gasteiger charge is 2.14. The van der Waals surface area contributed by atoms with Crippen molar-refractivity contribution in [1.29, 1.82) is 0 Å². The fraction of sp³-hybridized carbons (Fsp3) is 0.385. The average Bonchev–Trinajstić information content (AvgIpc) is 2.84. The Morgan fingerprint density at radius 2 is 1.88 bits per heavy atom. The number of fused-ring (bicyclic) bond motifs is 1. The van der Waals surface area contributed by atoms with Crippen LogP contribution < -0.4 is 10.5 Å². The minimum absolute atomic E-state index is 0.147. The Kier molecular flexibility index (Phi) is 8.05. The number of benzene rings is 2. The first kappa shape index (κ1) is 24.1. The molecule has 0 aliphatic carbocycles. The maximum atomic E-state index is 14.8. The van der Waals surface area contributed by atoms with Gasteiger partial charge in [-0.05, 0) is 61.2 Å². The molecule has 180 valence electrons. The molecule has 0 saturated carbocycles. The minimum atomic E-state index is -0.610. The molecule has 0 unspecified atom stereocenters. The first-order valence-electron chi connectivity index (χ1n) is 11.4. The van der Waals surface area contributed by atoms with Crippen LogP contribution in [0, 0.1) is 12.7 Å². The van der Waals surface area contributed by atoms with Crippen LogP contribution in [0.3, 0.4) is 0 Å². The molecule has 2 N–H and O–H groups in total. The molecule has 8 heteroatoms. The molecule has 2 aromatic carbocycles. The van der Waals surface area contributed by atoms with Crippen LogP contribution in [0.5, 0.6) is 5.75 Å². The molecular weight excluding hydrogens is 439 g/mol. The normalized spacial score (nSPS) is 14.4. The van der Waals surface area contributed by atoms with Crippen LogP contribution in [0.1, 0.15) is 28.9 Å². The predicted molar refractivity (Wildman–Crippen MR) is 126 cm³/mol. The quantitative estimate of drug-likeness (QED) is 0.452. The summed E-state index contributed by atoms with van der Waals surface area (Å²) in [5, 5.41) is 0.846. The molecule has 0 bridgehead atoms. The molecule has 1 fully saturated rings. The Labute approximate surface area is 198 Å². The highest BCUT2D eigenvalue weighted by molar-refractivity contribution is 5.98. The number of carbonyl (C=O) groups is 1. The second-order valence-corrected chi connectivity index (χ2v) is 8.23. The third-order valence-electron chi connectivity index (χ3n) is 5.67. The van der Waals surface area contributed by atoms with Crippen molar-refractivity contribution in [2.75, 3.05) is 39.6 Å². The summed E-state index contributed by atoms with van der Waals surface area (Å²) < 4.78 is 36.9. The third-order valence-corrected chi connectivity index (χ3v) is 5.67. The van der Waals surface area contributed by atoms with Crippen LogP contribution in [-0.4, -0.2) is 56.6 Å². The van der Waals surface area contributed by atoms with Crippen molar-refractivity contribution in [2.24, 2.45) is 5.73 Å². The van der Waals surface area contributed by atoms with E-state index in [9.17, 15) is 9.18 Å². The molecule has 0 radical (unpaired) electrons.